The molecule has 0 aliphatic rings. The summed E-state index contributed by atoms with van der Waals surface area (Å²) in [6.07, 6.45) is 0. The van der Waals surface area contributed by atoms with E-state index in [0.717, 1.165) is 0 Å². The van der Waals surface area contributed by atoms with Crippen molar-refractivity contribution in [1.82, 2.24) is 0 Å². The monoisotopic (exact) mass is 277 g/mol. The van der Waals surface area contributed by atoms with Gasteiger partial charge in [-0.2, -0.15) is 0 Å². The van der Waals surface area contributed by atoms with Gasteiger partial charge in [0, 0.05) is 4.47 Å². The lowest BCUT2D eigenvalue weighted by molar-refractivity contribution is 0.0526. The lowest BCUT2D eigenvalue weighted by Crippen LogP contribution is -2.09. The first-order valence-electron chi connectivity index (χ1n) is 3.98. The maximum Gasteiger partial charge on any atom is 0.341 e. The molecule has 0 spiro atoms. The van der Waals surface area contributed by atoms with Crippen molar-refractivity contribution >= 4 is 39.2 Å². The SMILES string of the molecule is CCOC(=O)c1c(Br)ccc(Cl)c1N. The second kappa shape index (κ2) is 4.66. The summed E-state index contributed by atoms with van der Waals surface area (Å²) < 4.78 is 5.42. The molecule has 0 atom stereocenters. The van der Waals surface area contributed by atoms with Crippen LogP contribution in [0.15, 0.2) is 16.6 Å². The maximum atomic E-state index is 11.4. The molecule has 14 heavy (non-hydrogen) atoms. The number of benzene rings is 1. The highest BCUT2D eigenvalue weighted by atomic mass is 79.9. The minimum Gasteiger partial charge on any atom is -0.462 e. The van der Waals surface area contributed by atoms with Gasteiger partial charge < -0.3 is 10.5 Å². The molecular formula is C9H9BrClNO2. The Morgan fingerprint density at radius 1 is 1.64 bits per heavy atom. The smallest absolute Gasteiger partial charge is 0.341 e. The quantitative estimate of drug-likeness (QED) is 0.668. The molecule has 0 saturated heterocycles. The number of nitrogen functional groups attached to an aromatic ring is 1. The molecule has 2 N–H and O–H groups in total. The van der Waals surface area contributed by atoms with Crippen molar-refractivity contribution in [2.24, 2.45) is 0 Å². The highest BCUT2D eigenvalue weighted by molar-refractivity contribution is 9.10. The molecule has 3 nitrogen and oxygen atoms in total. The Balaban J connectivity index is 3.18. The van der Waals surface area contributed by atoms with E-state index in [4.69, 9.17) is 22.1 Å². The summed E-state index contributed by atoms with van der Waals surface area (Å²) in [6, 6.07) is 3.27. The summed E-state index contributed by atoms with van der Waals surface area (Å²) in [7, 11) is 0. The molecule has 0 saturated carbocycles. The van der Waals surface area contributed by atoms with Gasteiger partial charge in [0.1, 0.15) is 0 Å². The average molecular weight is 279 g/mol. The van der Waals surface area contributed by atoms with Crippen molar-refractivity contribution in [3.8, 4) is 0 Å². The highest BCUT2D eigenvalue weighted by Crippen LogP contribution is 2.29. The van der Waals surface area contributed by atoms with Crippen molar-refractivity contribution in [3.63, 3.8) is 0 Å². The van der Waals surface area contributed by atoms with E-state index in [1.165, 1.54) is 0 Å². The van der Waals surface area contributed by atoms with Gasteiger partial charge in [0.25, 0.3) is 0 Å². The molecule has 1 aromatic rings. The zero-order valence-corrected chi connectivity index (χ0v) is 9.85. The van der Waals surface area contributed by atoms with Gasteiger partial charge in [-0.3, -0.25) is 0 Å². The predicted molar refractivity (Wildman–Crippen MR) is 59.5 cm³/mol. The van der Waals surface area contributed by atoms with E-state index < -0.39 is 5.97 Å². The summed E-state index contributed by atoms with van der Waals surface area (Å²) in [5.41, 5.74) is 6.16. The van der Waals surface area contributed by atoms with E-state index in [1.54, 1.807) is 19.1 Å². The lowest BCUT2D eigenvalue weighted by atomic mass is 10.2. The Hall–Kier alpha value is -0.740. The first-order chi connectivity index (χ1) is 6.57. The van der Waals surface area contributed by atoms with Gasteiger partial charge in [-0.1, -0.05) is 11.6 Å². The van der Waals surface area contributed by atoms with Gasteiger partial charge in [-0.15, -0.1) is 0 Å². The molecule has 0 aliphatic carbocycles. The number of carbonyl (C=O) groups is 1. The van der Waals surface area contributed by atoms with E-state index in [1.807, 2.05) is 0 Å². The number of nitrogens with two attached hydrogens (primary N) is 1. The van der Waals surface area contributed by atoms with Crippen LogP contribution in [-0.2, 0) is 4.74 Å². The molecule has 0 amide bonds. The van der Waals surface area contributed by atoms with Crippen LogP contribution in [0.3, 0.4) is 0 Å². The molecule has 0 fully saturated rings. The predicted octanol–water partition coefficient (Wildman–Crippen LogP) is 2.86. The minimum absolute atomic E-state index is 0.236. The minimum atomic E-state index is -0.473. The average Bonchev–Trinajstić information content (AvgIpc) is 2.13. The number of anilines is 1. The summed E-state index contributed by atoms with van der Waals surface area (Å²) >= 11 is 8.99. The third-order valence-electron chi connectivity index (χ3n) is 1.62. The van der Waals surface area contributed by atoms with Crippen molar-refractivity contribution in [3.05, 3.63) is 27.2 Å². The van der Waals surface area contributed by atoms with E-state index in [-0.39, 0.29) is 11.3 Å². The Morgan fingerprint density at radius 2 is 2.29 bits per heavy atom. The van der Waals surface area contributed by atoms with Crippen LogP contribution in [0, 0.1) is 0 Å². The molecular weight excluding hydrogens is 269 g/mol. The molecule has 0 radical (unpaired) electrons. The molecule has 5 heteroatoms. The largest absolute Gasteiger partial charge is 0.462 e. The van der Waals surface area contributed by atoms with Crippen LogP contribution < -0.4 is 5.73 Å². The van der Waals surface area contributed by atoms with Gasteiger partial charge in [0.15, 0.2) is 0 Å². The van der Waals surface area contributed by atoms with Gasteiger partial charge in [-0.05, 0) is 35.0 Å². The first kappa shape index (κ1) is 11.3. The molecule has 0 heterocycles. The maximum absolute atomic E-state index is 11.4. The van der Waals surface area contributed by atoms with E-state index in [2.05, 4.69) is 15.9 Å². The second-order valence-electron chi connectivity index (χ2n) is 2.54. The molecule has 0 aromatic heterocycles. The number of esters is 1. The lowest BCUT2D eigenvalue weighted by Gasteiger charge is -2.08. The van der Waals surface area contributed by atoms with Crippen LogP contribution in [0.1, 0.15) is 17.3 Å². The molecule has 0 unspecified atom stereocenters. The molecule has 0 bridgehead atoms. The number of carbonyl (C=O) groups excluding carboxylic acids is 1. The summed E-state index contributed by atoms with van der Waals surface area (Å²) in [6.45, 7) is 2.03. The van der Waals surface area contributed by atoms with Gasteiger partial charge in [-0.25, -0.2) is 4.79 Å². The fraction of sp³-hybridized carbons (Fsp3) is 0.222. The number of ether oxygens (including phenoxy) is 1. The molecule has 1 aromatic carbocycles. The number of hydrogen-bond donors (Lipinski definition) is 1. The fourth-order valence-electron chi connectivity index (χ4n) is 0.978. The van der Waals surface area contributed by atoms with Gasteiger partial charge in [0.05, 0.1) is 22.9 Å². The zero-order chi connectivity index (χ0) is 10.7. The Labute approximate surface area is 95.3 Å². The van der Waals surface area contributed by atoms with Crippen LogP contribution in [-0.4, -0.2) is 12.6 Å². The summed E-state index contributed by atoms with van der Waals surface area (Å²) in [5.74, 6) is -0.473. The second-order valence-corrected chi connectivity index (χ2v) is 3.80. The topological polar surface area (TPSA) is 52.3 Å². The van der Waals surface area contributed by atoms with Crippen molar-refractivity contribution in [2.45, 2.75) is 6.92 Å². The Kier molecular flexibility index (Phi) is 3.77. The first-order valence-corrected chi connectivity index (χ1v) is 5.15. The van der Waals surface area contributed by atoms with Crippen LogP contribution in [0.25, 0.3) is 0 Å². The summed E-state index contributed by atoms with van der Waals surface area (Å²) in [4.78, 5) is 11.4. The van der Waals surface area contributed by atoms with Crippen LogP contribution in [0.4, 0.5) is 5.69 Å². The van der Waals surface area contributed by atoms with Crippen molar-refractivity contribution in [1.29, 1.82) is 0 Å². The normalized spacial score (nSPS) is 9.93. The van der Waals surface area contributed by atoms with Gasteiger partial charge in [0.2, 0.25) is 0 Å². The molecule has 0 aliphatic heterocycles. The van der Waals surface area contributed by atoms with Crippen molar-refractivity contribution in [2.75, 3.05) is 12.3 Å². The number of hydrogen-bond acceptors (Lipinski definition) is 3. The third-order valence-corrected chi connectivity index (χ3v) is 2.61. The third kappa shape index (κ3) is 2.19. The number of halogens is 2. The van der Waals surface area contributed by atoms with Crippen molar-refractivity contribution < 1.29 is 9.53 Å². The Morgan fingerprint density at radius 3 is 2.86 bits per heavy atom. The molecule has 76 valence electrons. The summed E-state index contributed by atoms with van der Waals surface area (Å²) in [5, 5.41) is 0.344. The van der Waals surface area contributed by atoms with Crippen LogP contribution in [0.2, 0.25) is 5.02 Å². The zero-order valence-electron chi connectivity index (χ0n) is 7.51. The highest BCUT2D eigenvalue weighted by Gasteiger charge is 2.16. The Bertz CT molecular complexity index is 368. The standard InChI is InChI=1S/C9H9BrClNO2/c1-2-14-9(13)7-5(10)3-4-6(11)8(7)12/h3-4H,2,12H2,1H3. The van der Waals surface area contributed by atoms with Crippen LogP contribution >= 0.6 is 27.5 Å². The fourth-order valence-corrected chi connectivity index (χ4v) is 1.64. The number of rotatable bonds is 2. The molecule has 1 rings (SSSR count). The van der Waals surface area contributed by atoms with E-state index >= 15 is 0 Å². The van der Waals surface area contributed by atoms with E-state index in [0.29, 0.717) is 16.1 Å². The van der Waals surface area contributed by atoms with Gasteiger partial charge >= 0.3 is 5.97 Å². The van der Waals surface area contributed by atoms with Crippen LogP contribution in [0.5, 0.6) is 0 Å². The van der Waals surface area contributed by atoms with E-state index in [9.17, 15) is 4.79 Å².